The molecule has 0 saturated carbocycles. The summed E-state index contributed by atoms with van der Waals surface area (Å²) in [6, 6.07) is 15.5. The molecule has 5 nitrogen and oxygen atoms in total. The first-order chi connectivity index (χ1) is 8.70. The highest BCUT2D eigenvalue weighted by atomic mass is 16.6. The molecule has 0 spiro atoms. The molecule has 0 heterocycles. The van der Waals surface area contributed by atoms with E-state index < -0.39 is 6.03 Å². The van der Waals surface area contributed by atoms with Crippen molar-refractivity contribution in [3.8, 4) is 0 Å². The molecule has 0 bridgehead atoms. The number of carbonyl (C=O) groups is 1. The number of hydrogen-bond donors (Lipinski definition) is 2. The molecule has 18 heavy (non-hydrogen) atoms. The SMILES string of the molecule is O=C(N(O)c1ccccc1)N(O)c1ccccc1. The molecule has 0 atom stereocenters. The van der Waals surface area contributed by atoms with Gasteiger partial charge in [0.15, 0.2) is 0 Å². The Morgan fingerprint density at radius 1 is 0.722 bits per heavy atom. The number of nitrogens with zero attached hydrogens (tertiary/aromatic N) is 2. The van der Waals surface area contributed by atoms with Crippen LogP contribution >= 0.6 is 0 Å². The van der Waals surface area contributed by atoms with Gasteiger partial charge in [-0.2, -0.15) is 10.1 Å². The van der Waals surface area contributed by atoms with E-state index in [1.165, 1.54) is 0 Å². The van der Waals surface area contributed by atoms with Crippen LogP contribution in [0.2, 0.25) is 0 Å². The maximum Gasteiger partial charge on any atom is 0.377 e. The van der Waals surface area contributed by atoms with Crippen molar-refractivity contribution in [2.24, 2.45) is 0 Å². The number of carbonyl (C=O) groups excluding carboxylic acids is 1. The Labute approximate surface area is 104 Å². The quantitative estimate of drug-likeness (QED) is 0.630. The van der Waals surface area contributed by atoms with Gasteiger partial charge >= 0.3 is 6.03 Å². The fourth-order valence-electron chi connectivity index (χ4n) is 1.45. The summed E-state index contributed by atoms with van der Waals surface area (Å²) in [5.74, 6) is 0. The molecule has 2 rings (SSSR count). The van der Waals surface area contributed by atoms with E-state index in [1.807, 2.05) is 0 Å². The van der Waals surface area contributed by atoms with Gasteiger partial charge in [-0.25, -0.2) is 4.79 Å². The predicted molar refractivity (Wildman–Crippen MR) is 66.8 cm³/mol. The van der Waals surface area contributed by atoms with E-state index in [-0.39, 0.29) is 11.4 Å². The smallest absolute Gasteiger partial charge is 0.279 e. The van der Waals surface area contributed by atoms with E-state index >= 15 is 0 Å². The van der Waals surface area contributed by atoms with E-state index in [2.05, 4.69) is 0 Å². The lowest BCUT2D eigenvalue weighted by Gasteiger charge is -2.21. The van der Waals surface area contributed by atoms with Crippen molar-refractivity contribution in [2.75, 3.05) is 10.1 Å². The first-order valence-electron chi connectivity index (χ1n) is 5.32. The Morgan fingerprint density at radius 3 is 1.39 bits per heavy atom. The molecule has 0 unspecified atom stereocenters. The van der Waals surface area contributed by atoms with Crippen LogP contribution in [0.1, 0.15) is 0 Å². The maximum absolute atomic E-state index is 11.8. The lowest BCUT2D eigenvalue weighted by Crippen LogP contribution is -2.39. The summed E-state index contributed by atoms with van der Waals surface area (Å²) in [6.07, 6.45) is 0. The van der Waals surface area contributed by atoms with Crippen molar-refractivity contribution >= 4 is 17.4 Å². The number of hydrogen-bond acceptors (Lipinski definition) is 3. The van der Waals surface area contributed by atoms with Crippen LogP contribution in [0.5, 0.6) is 0 Å². The van der Waals surface area contributed by atoms with E-state index in [4.69, 9.17) is 0 Å². The molecule has 0 aliphatic heterocycles. The van der Waals surface area contributed by atoms with Gasteiger partial charge in [0.05, 0.1) is 11.4 Å². The minimum atomic E-state index is -0.951. The first-order valence-corrected chi connectivity index (χ1v) is 5.32. The topological polar surface area (TPSA) is 64.0 Å². The summed E-state index contributed by atoms with van der Waals surface area (Å²) in [6.45, 7) is 0. The van der Waals surface area contributed by atoms with Crippen molar-refractivity contribution < 1.29 is 15.2 Å². The number of rotatable bonds is 2. The average molecular weight is 244 g/mol. The number of hydroxylamine groups is 2. The lowest BCUT2D eigenvalue weighted by molar-refractivity contribution is 0.176. The molecule has 0 radical (unpaired) electrons. The van der Waals surface area contributed by atoms with Crippen molar-refractivity contribution in [1.29, 1.82) is 0 Å². The first kappa shape index (κ1) is 12.1. The molecule has 2 N–H and O–H groups in total. The molecule has 0 aliphatic rings. The van der Waals surface area contributed by atoms with Crippen LogP contribution in [0.25, 0.3) is 0 Å². The molecular weight excluding hydrogens is 232 g/mol. The molecule has 2 aromatic carbocycles. The van der Waals surface area contributed by atoms with Crippen LogP contribution in [0.15, 0.2) is 60.7 Å². The zero-order chi connectivity index (χ0) is 13.0. The van der Waals surface area contributed by atoms with Crippen molar-refractivity contribution in [2.45, 2.75) is 0 Å². The highest BCUT2D eigenvalue weighted by molar-refractivity contribution is 5.99. The predicted octanol–water partition coefficient (Wildman–Crippen LogP) is 2.90. The molecule has 0 aromatic heterocycles. The molecule has 92 valence electrons. The Balaban J connectivity index is 2.17. The molecular formula is C13H12N2O3. The summed E-state index contributed by atoms with van der Waals surface area (Å²) in [5, 5.41) is 20.2. The monoisotopic (exact) mass is 244 g/mol. The molecule has 0 saturated heterocycles. The Kier molecular flexibility index (Phi) is 3.57. The van der Waals surface area contributed by atoms with Crippen molar-refractivity contribution in [3.05, 3.63) is 60.7 Å². The summed E-state index contributed by atoms with van der Waals surface area (Å²) in [7, 11) is 0. The van der Waals surface area contributed by atoms with Gasteiger partial charge < -0.3 is 0 Å². The van der Waals surface area contributed by atoms with Crippen LogP contribution in [-0.4, -0.2) is 16.4 Å². The second-order valence-electron chi connectivity index (χ2n) is 3.58. The van der Waals surface area contributed by atoms with E-state index in [9.17, 15) is 15.2 Å². The van der Waals surface area contributed by atoms with Gasteiger partial charge in [0.25, 0.3) is 0 Å². The zero-order valence-electron chi connectivity index (χ0n) is 9.47. The minimum Gasteiger partial charge on any atom is -0.279 e. The third-order valence-electron chi connectivity index (χ3n) is 2.36. The summed E-state index contributed by atoms with van der Waals surface area (Å²) in [5.41, 5.74) is 0.551. The molecule has 0 aliphatic carbocycles. The second-order valence-corrected chi connectivity index (χ2v) is 3.58. The van der Waals surface area contributed by atoms with Crippen LogP contribution in [0, 0.1) is 0 Å². The standard InChI is InChI=1S/C13H12N2O3/c16-13(14(17)11-7-3-1-4-8-11)15(18)12-9-5-2-6-10-12/h1-10,17-18H. The van der Waals surface area contributed by atoms with Gasteiger partial charge in [0.1, 0.15) is 0 Å². The molecule has 2 aromatic rings. The van der Waals surface area contributed by atoms with Crippen LogP contribution < -0.4 is 10.1 Å². The van der Waals surface area contributed by atoms with E-state index in [1.54, 1.807) is 60.7 Å². The Bertz CT molecular complexity index is 469. The Morgan fingerprint density at radius 2 is 1.06 bits per heavy atom. The van der Waals surface area contributed by atoms with Crippen molar-refractivity contribution in [1.82, 2.24) is 0 Å². The minimum absolute atomic E-state index is 0.275. The summed E-state index contributed by atoms with van der Waals surface area (Å²) < 4.78 is 0. The van der Waals surface area contributed by atoms with E-state index in [0.717, 1.165) is 0 Å². The van der Waals surface area contributed by atoms with Crippen LogP contribution in [0.4, 0.5) is 16.2 Å². The average Bonchev–Trinajstić information content (AvgIpc) is 2.47. The van der Waals surface area contributed by atoms with Gasteiger partial charge in [-0.1, -0.05) is 36.4 Å². The van der Waals surface area contributed by atoms with Crippen LogP contribution in [0.3, 0.4) is 0 Å². The molecule has 5 heteroatoms. The number of benzene rings is 2. The van der Waals surface area contributed by atoms with Crippen LogP contribution in [-0.2, 0) is 0 Å². The zero-order valence-corrected chi connectivity index (χ0v) is 9.47. The molecule has 2 amide bonds. The largest absolute Gasteiger partial charge is 0.377 e. The number of para-hydroxylation sites is 2. The maximum atomic E-state index is 11.8. The van der Waals surface area contributed by atoms with Gasteiger partial charge in [-0.05, 0) is 24.3 Å². The number of anilines is 2. The second kappa shape index (κ2) is 5.31. The van der Waals surface area contributed by atoms with E-state index in [0.29, 0.717) is 10.1 Å². The third kappa shape index (κ3) is 2.48. The summed E-state index contributed by atoms with van der Waals surface area (Å²) >= 11 is 0. The summed E-state index contributed by atoms with van der Waals surface area (Å²) in [4.78, 5) is 11.8. The van der Waals surface area contributed by atoms with Crippen molar-refractivity contribution in [3.63, 3.8) is 0 Å². The number of urea groups is 1. The third-order valence-corrected chi connectivity index (χ3v) is 2.36. The highest BCUT2D eigenvalue weighted by Gasteiger charge is 2.20. The van der Waals surface area contributed by atoms with Gasteiger partial charge in [0.2, 0.25) is 0 Å². The highest BCUT2D eigenvalue weighted by Crippen LogP contribution is 2.17. The Hall–Kier alpha value is -2.37. The number of amides is 2. The van der Waals surface area contributed by atoms with Gasteiger partial charge in [0, 0.05) is 0 Å². The van der Waals surface area contributed by atoms with Gasteiger partial charge in [-0.15, -0.1) is 0 Å². The normalized spacial score (nSPS) is 9.89. The fraction of sp³-hybridized carbons (Fsp3) is 0. The lowest BCUT2D eigenvalue weighted by atomic mass is 10.3. The fourth-order valence-corrected chi connectivity index (χ4v) is 1.45. The molecule has 0 fully saturated rings. The van der Waals surface area contributed by atoms with Gasteiger partial charge in [-0.3, -0.25) is 10.4 Å².